The van der Waals surface area contributed by atoms with E-state index in [9.17, 15) is 9.59 Å². The Morgan fingerprint density at radius 2 is 2.00 bits per heavy atom. The molecule has 2 aliphatic rings. The quantitative estimate of drug-likeness (QED) is 0.874. The summed E-state index contributed by atoms with van der Waals surface area (Å²) in [5, 5.41) is 5.90. The third kappa shape index (κ3) is 3.97. The fourth-order valence-electron chi connectivity index (χ4n) is 3.79. The third-order valence-electron chi connectivity index (χ3n) is 5.96. The molecule has 0 radical (unpaired) electrons. The lowest BCUT2D eigenvalue weighted by Gasteiger charge is -2.39. The van der Waals surface area contributed by atoms with Crippen molar-refractivity contribution < 1.29 is 14.3 Å². The molecule has 2 amide bonds. The predicted octanol–water partition coefficient (Wildman–Crippen LogP) is 3.74. The summed E-state index contributed by atoms with van der Waals surface area (Å²) in [6, 6.07) is 5.40. The molecule has 136 valence electrons. The SMILES string of the molecule is CCC(C)(C)C1CCC(NC(=O)c2ccc3c(c2)OCC(=O)N3)CC1. The highest BCUT2D eigenvalue weighted by Gasteiger charge is 2.32. The number of hydrogen-bond acceptors (Lipinski definition) is 3. The lowest BCUT2D eigenvalue weighted by atomic mass is 9.69. The monoisotopic (exact) mass is 344 g/mol. The van der Waals surface area contributed by atoms with Crippen LogP contribution in [0.5, 0.6) is 5.75 Å². The normalized spacial score (nSPS) is 23.2. The Morgan fingerprint density at radius 1 is 1.28 bits per heavy atom. The minimum atomic E-state index is -0.170. The minimum absolute atomic E-state index is 0.00466. The fraction of sp³-hybridized carbons (Fsp3) is 0.600. The van der Waals surface area contributed by atoms with E-state index in [1.807, 2.05) is 0 Å². The number of nitrogens with one attached hydrogen (secondary N) is 2. The van der Waals surface area contributed by atoms with Gasteiger partial charge in [0.15, 0.2) is 6.61 Å². The molecule has 1 aromatic rings. The van der Waals surface area contributed by atoms with Gasteiger partial charge in [-0.15, -0.1) is 0 Å². The average molecular weight is 344 g/mol. The van der Waals surface area contributed by atoms with Gasteiger partial charge in [0.05, 0.1) is 5.69 Å². The molecule has 5 heteroatoms. The Kier molecular flexibility index (Phi) is 5.02. The Morgan fingerprint density at radius 3 is 2.68 bits per heavy atom. The molecule has 2 N–H and O–H groups in total. The van der Waals surface area contributed by atoms with E-state index in [0.717, 1.165) is 18.8 Å². The van der Waals surface area contributed by atoms with E-state index < -0.39 is 0 Å². The first-order chi connectivity index (χ1) is 11.9. The van der Waals surface area contributed by atoms with Gasteiger partial charge in [-0.1, -0.05) is 27.2 Å². The lowest BCUT2D eigenvalue weighted by Crippen LogP contribution is -2.40. The Labute approximate surface area is 149 Å². The van der Waals surface area contributed by atoms with Crippen LogP contribution in [0.3, 0.4) is 0 Å². The zero-order chi connectivity index (χ0) is 18.0. The molecular formula is C20H28N2O3. The summed E-state index contributed by atoms with van der Waals surface area (Å²) >= 11 is 0. The van der Waals surface area contributed by atoms with Crippen LogP contribution < -0.4 is 15.4 Å². The molecule has 1 heterocycles. The minimum Gasteiger partial charge on any atom is -0.482 e. The zero-order valence-corrected chi connectivity index (χ0v) is 15.4. The van der Waals surface area contributed by atoms with Gasteiger partial charge < -0.3 is 15.4 Å². The van der Waals surface area contributed by atoms with Crippen molar-refractivity contribution in [3.05, 3.63) is 23.8 Å². The Hall–Kier alpha value is -2.04. The molecule has 0 aromatic heterocycles. The average Bonchev–Trinajstić information content (AvgIpc) is 2.61. The molecule has 1 fully saturated rings. The molecular weight excluding hydrogens is 316 g/mol. The number of carbonyl (C=O) groups is 2. The first-order valence-corrected chi connectivity index (χ1v) is 9.26. The highest BCUT2D eigenvalue weighted by molar-refractivity contribution is 5.99. The van der Waals surface area contributed by atoms with Crippen LogP contribution in [0.4, 0.5) is 5.69 Å². The maximum absolute atomic E-state index is 12.5. The zero-order valence-electron chi connectivity index (χ0n) is 15.4. The maximum Gasteiger partial charge on any atom is 0.262 e. The molecule has 0 bridgehead atoms. The van der Waals surface area contributed by atoms with Gasteiger partial charge in [0.1, 0.15) is 5.75 Å². The molecule has 0 unspecified atom stereocenters. The van der Waals surface area contributed by atoms with E-state index >= 15 is 0 Å². The van der Waals surface area contributed by atoms with E-state index in [-0.39, 0.29) is 24.5 Å². The lowest BCUT2D eigenvalue weighted by molar-refractivity contribution is -0.118. The van der Waals surface area contributed by atoms with Crippen molar-refractivity contribution in [1.82, 2.24) is 5.32 Å². The van der Waals surface area contributed by atoms with Crippen LogP contribution in [-0.2, 0) is 4.79 Å². The second-order valence-corrected chi connectivity index (χ2v) is 7.91. The molecule has 0 atom stereocenters. The van der Waals surface area contributed by atoms with E-state index in [1.54, 1.807) is 18.2 Å². The van der Waals surface area contributed by atoms with Crippen LogP contribution in [-0.4, -0.2) is 24.5 Å². The second kappa shape index (κ2) is 7.06. The highest BCUT2D eigenvalue weighted by atomic mass is 16.5. The van der Waals surface area contributed by atoms with E-state index in [2.05, 4.69) is 31.4 Å². The van der Waals surface area contributed by atoms with Crippen LogP contribution in [0.2, 0.25) is 0 Å². The molecule has 3 rings (SSSR count). The maximum atomic E-state index is 12.5. The molecule has 5 nitrogen and oxygen atoms in total. The molecule has 0 saturated heterocycles. The van der Waals surface area contributed by atoms with Crippen molar-refractivity contribution in [3.8, 4) is 5.75 Å². The molecule has 1 aliphatic carbocycles. The topological polar surface area (TPSA) is 67.4 Å². The molecule has 25 heavy (non-hydrogen) atoms. The van der Waals surface area contributed by atoms with Crippen molar-refractivity contribution in [1.29, 1.82) is 0 Å². The first-order valence-electron chi connectivity index (χ1n) is 9.26. The molecule has 0 spiro atoms. The van der Waals surface area contributed by atoms with Crippen molar-refractivity contribution in [3.63, 3.8) is 0 Å². The third-order valence-corrected chi connectivity index (χ3v) is 5.96. The van der Waals surface area contributed by atoms with Crippen molar-refractivity contribution in [2.24, 2.45) is 11.3 Å². The number of ether oxygens (including phenoxy) is 1. The van der Waals surface area contributed by atoms with Crippen molar-refractivity contribution in [2.75, 3.05) is 11.9 Å². The molecule has 1 aliphatic heterocycles. The second-order valence-electron chi connectivity index (χ2n) is 7.91. The predicted molar refractivity (Wildman–Crippen MR) is 97.9 cm³/mol. The summed E-state index contributed by atoms with van der Waals surface area (Å²) in [7, 11) is 0. The van der Waals surface area contributed by atoms with Gasteiger partial charge in [-0.2, -0.15) is 0 Å². The van der Waals surface area contributed by atoms with Gasteiger partial charge in [0.2, 0.25) is 0 Å². The van der Waals surface area contributed by atoms with Gasteiger partial charge in [-0.25, -0.2) is 0 Å². The van der Waals surface area contributed by atoms with Gasteiger partial charge in [0.25, 0.3) is 11.8 Å². The Bertz CT molecular complexity index is 661. The van der Waals surface area contributed by atoms with E-state index in [1.165, 1.54) is 19.3 Å². The van der Waals surface area contributed by atoms with Gasteiger partial charge in [-0.05, 0) is 55.2 Å². The Balaban J connectivity index is 1.58. The van der Waals surface area contributed by atoms with Crippen LogP contribution in [0.1, 0.15) is 63.2 Å². The summed E-state index contributed by atoms with van der Waals surface area (Å²) in [6.07, 6.45) is 5.62. The number of amides is 2. The van der Waals surface area contributed by atoms with Gasteiger partial charge >= 0.3 is 0 Å². The number of anilines is 1. The van der Waals surface area contributed by atoms with E-state index in [0.29, 0.717) is 22.4 Å². The summed E-state index contributed by atoms with van der Waals surface area (Å²) in [4.78, 5) is 23.9. The number of rotatable bonds is 4. The molecule has 1 saturated carbocycles. The number of hydrogen-bond donors (Lipinski definition) is 2. The standard InChI is InChI=1S/C20H28N2O3/c1-4-20(2,3)14-6-8-15(9-7-14)21-19(24)13-5-10-16-17(11-13)25-12-18(23)22-16/h5,10-11,14-15H,4,6-9,12H2,1-3H3,(H,21,24)(H,22,23). The smallest absolute Gasteiger partial charge is 0.262 e. The largest absolute Gasteiger partial charge is 0.482 e. The summed E-state index contributed by atoms with van der Waals surface area (Å²) in [5.41, 5.74) is 1.58. The number of carbonyl (C=O) groups excluding carboxylic acids is 2. The molecule has 1 aromatic carbocycles. The van der Waals surface area contributed by atoms with Crippen molar-refractivity contribution >= 4 is 17.5 Å². The highest BCUT2D eigenvalue weighted by Crippen LogP contribution is 2.40. The van der Waals surface area contributed by atoms with E-state index in [4.69, 9.17) is 4.74 Å². The summed E-state index contributed by atoms with van der Waals surface area (Å²) < 4.78 is 5.39. The van der Waals surface area contributed by atoms with Gasteiger partial charge in [-0.3, -0.25) is 9.59 Å². The summed E-state index contributed by atoms with van der Waals surface area (Å²) in [5.74, 6) is 1.06. The number of fused-ring (bicyclic) bond motifs is 1. The van der Waals surface area contributed by atoms with Crippen LogP contribution >= 0.6 is 0 Å². The fourth-order valence-corrected chi connectivity index (χ4v) is 3.79. The first kappa shape index (κ1) is 17.8. The van der Waals surface area contributed by atoms with Gasteiger partial charge in [0, 0.05) is 11.6 Å². The van der Waals surface area contributed by atoms with Crippen molar-refractivity contribution in [2.45, 2.75) is 58.9 Å². The summed E-state index contributed by atoms with van der Waals surface area (Å²) in [6.45, 7) is 6.95. The van der Waals surface area contributed by atoms with Crippen LogP contribution in [0.25, 0.3) is 0 Å². The number of benzene rings is 1. The van der Waals surface area contributed by atoms with Crippen LogP contribution in [0.15, 0.2) is 18.2 Å². The van der Waals surface area contributed by atoms with Crippen LogP contribution in [0, 0.1) is 11.3 Å².